The van der Waals surface area contributed by atoms with Crippen LogP contribution in [0.5, 0.6) is 11.5 Å². The van der Waals surface area contributed by atoms with Crippen LogP contribution in [0.25, 0.3) is 6.08 Å². The van der Waals surface area contributed by atoms with Gasteiger partial charge in [0.15, 0.2) is 17.2 Å². The van der Waals surface area contributed by atoms with E-state index in [9.17, 15) is 14.4 Å². The smallest absolute Gasteiger partial charge is 0.330 e. The molecule has 0 bridgehead atoms. The zero-order chi connectivity index (χ0) is 24.0. The van der Waals surface area contributed by atoms with E-state index in [1.807, 2.05) is 13.8 Å². The van der Waals surface area contributed by atoms with Gasteiger partial charge in [0.1, 0.15) is 5.82 Å². The number of ether oxygens (including phenoxy) is 2. The number of amides is 1. The Morgan fingerprint density at radius 1 is 1.24 bits per heavy atom. The number of hydrogen-bond donors (Lipinski definition) is 2. The zero-order valence-electron chi connectivity index (χ0n) is 18.9. The van der Waals surface area contributed by atoms with Crippen molar-refractivity contribution in [3.63, 3.8) is 0 Å². The summed E-state index contributed by atoms with van der Waals surface area (Å²) in [5, 5.41) is 0.385. The van der Waals surface area contributed by atoms with Gasteiger partial charge in [0.2, 0.25) is 0 Å². The highest BCUT2D eigenvalue weighted by atomic mass is 35.5. The number of carbonyl (C=O) groups excluding carboxylic acids is 1. The van der Waals surface area contributed by atoms with Gasteiger partial charge >= 0.3 is 5.69 Å². The van der Waals surface area contributed by atoms with Crippen molar-refractivity contribution in [2.75, 3.05) is 30.4 Å². The molecule has 33 heavy (non-hydrogen) atoms. The Kier molecular flexibility index (Phi) is 8.21. The van der Waals surface area contributed by atoms with Crippen molar-refractivity contribution in [3.05, 3.63) is 49.6 Å². The number of nitrogens with zero attached hydrogens (tertiary/aromatic N) is 2. The fourth-order valence-corrected chi connectivity index (χ4v) is 3.81. The molecule has 0 saturated heterocycles. The predicted molar refractivity (Wildman–Crippen MR) is 129 cm³/mol. The van der Waals surface area contributed by atoms with Crippen molar-refractivity contribution in [3.8, 4) is 11.5 Å². The molecule has 1 aliphatic heterocycles. The number of nitrogen functional groups attached to an aromatic ring is 1. The molecule has 0 radical (unpaired) electrons. The van der Waals surface area contributed by atoms with Crippen molar-refractivity contribution < 1.29 is 14.3 Å². The van der Waals surface area contributed by atoms with Crippen LogP contribution in [0.2, 0.25) is 5.02 Å². The molecule has 2 aromatic rings. The van der Waals surface area contributed by atoms with Gasteiger partial charge in [-0.15, -0.1) is 0 Å². The van der Waals surface area contributed by atoms with Crippen LogP contribution < -0.4 is 31.4 Å². The van der Waals surface area contributed by atoms with Gasteiger partial charge < -0.3 is 20.1 Å². The van der Waals surface area contributed by atoms with Crippen LogP contribution in [0.4, 0.5) is 11.5 Å². The van der Waals surface area contributed by atoms with Gasteiger partial charge in [-0.25, -0.2) is 4.79 Å². The average Bonchev–Trinajstić information content (AvgIpc) is 3.02. The van der Waals surface area contributed by atoms with E-state index >= 15 is 0 Å². The van der Waals surface area contributed by atoms with E-state index in [-0.39, 0.29) is 18.1 Å². The molecule has 3 rings (SSSR count). The van der Waals surface area contributed by atoms with Crippen LogP contribution >= 0.6 is 11.6 Å². The molecule has 0 fully saturated rings. The van der Waals surface area contributed by atoms with Gasteiger partial charge in [0.25, 0.3) is 11.5 Å². The molecule has 0 unspecified atom stereocenters. The lowest BCUT2D eigenvalue weighted by atomic mass is 10.1. The summed E-state index contributed by atoms with van der Waals surface area (Å²) in [5.41, 5.74) is 5.52. The van der Waals surface area contributed by atoms with E-state index < -0.39 is 17.2 Å². The summed E-state index contributed by atoms with van der Waals surface area (Å²) in [6.45, 7) is 5.50. The topological polar surface area (TPSA) is 120 Å². The summed E-state index contributed by atoms with van der Waals surface area (Å²) in [6, 6.07) is 3.42. The van der Waals surface area contributed by atoms with Gasteiger partial charge in [-0.3, -0.25) is 19.1 Å². The molecule has 1 aliphatic rings. The number of hydrogen-bond acceptors (Lipinski definition) is 6. The monoisotopic (exact) mass is 476 g/mol. The van der Waals surface area contributed by atoms with E-state index in [2.05, 4.69) is 4.98 Å². The number of fused-ring (bicyclic) bond motifs is 1. The van der Waals surface area contributed by atoms with Crippen molar-refractivity contribution in [2.45, 2.75) is 46.1 Å². The fourth-order valence-electron chi connectivity index (χ4n) is 3.54. The van der Waals surface area contributed by atoms with Gasteiger partial charge in [0.05, 0.1) is 18.2 Å². The molecule has 1 amide bonds. The lowest BCUT2D eigenvalue weighted by Crippen LogP contribution is -2.41. The van der Waals surface area contributed by atoms with E-state index in [4.69, 9.17) is 26.8 Å². The van der Waals surface area contributed by atoms with Crippen molar-refractivity contribution in [1.29, 1.82) is 0 Å². The highest BCUT2D eigenvalue weighted by Gasteiger charge is 2.22. The summed E-state index contributed by atoms with van der Waals surface area (Å²) >= 11 is 6.33. The number of benzene rings is 1. The number of aromatic amines is 1. The Hall–Kier alpha value is -3.20. The largest absolute Gasteiger partial charge is 0.489 e. The number of halogens is 1. The maximum absolute atomic E-state index is 13.1. The second-order valence-electron chi connectivity index (χ2n) is 7.70. The van der Waals surface area contributed by atoms with Gasteiger partial charge in [-0.1, -0.05) is 31.9 Å². The third-order valence-electron chi connectivity index (χ3n) is 5.18. The fraction of sp³-hybridized carbons (Fsp3) is 0.435. The Labute approximate surface area is 196 Å². The molecule has 0 aliphatic carbocycles. The first-order chi connectivity index (χ1) is 15.9. The van der Waals surface area contributed by atoms with E-state index in [1.54, 1.807) is 18.2 Å². The number of rotatable bonds is 8. The summed E-state index contributed by atoms with van der Waals surface area (Å²) in [7, 11) is 0. The van der Waals surface area contributed by atoms with Gasteiger partial charge in [-0.05, 0) is 36.6 Å². The molecular formula is C23H29ClN4O5. The van der Waals surface area contributed by atoms with Gasteiger partial charge in [0, 0.05) is 25.6 Å². The normalized spacial score (nSPS) is 13.2. The first-order valence-corrected chi connectivity index (χ1v) is 11.5. The molecule has 3 N–H and O–H groups in total. The van der Waals surface area contributed by atoms with Crippen LogP contribution in [-0.2, 0) is 11.3 Å². The van der Waals surface area contributed by atoms with Crippen LogP contribution in [0.1, 0.15) is 45.1 Å². The zero-order valence-corrected chi connectivity index (χ0v) is 19.6. The average molecular weight is 477 g/mol. The predicted octanol–water partition coefficient (Wildman–Crippen LogP) is 3.19. The third kappa shape index (κ3) is 5.60. The van der Waals surface area contributed by atoms with E-state index in [0.717, 1.165) is 12.8 Å². The summed E-state index contributed by atoms with van der Waals surface area (Å²) < 4.78 is 12.6. The maximum atomic E-state index is 13.1. The molecular weight excluding hydrogens is 448 g/mol. The maximum Gasteiger partial charge on any atom is 0.330 e. The molecule has 1 aromatic heterocycles. The van der Waals surface area contributed by atoms with Crippen LogP contribution in [0, 0.1) is 0 Å². The van der Waals surface area contributed by atoms with E-state index in [0.29, 0.717) is 54.7 Å². The number of H-pyrrole nitrogens is 1. The number of aromatic nitrogens is 2. The van der Waals surface area contributed by atoms with Crippen molar-refractivity contribution in [1.82, 2.24) is 9.55 Å². The molecule has 178 valence electrons. The third-order valence-corrected chi connectivity index (χ3v) is 5.46. The van der Waals surface area contributed by atoms with Crippen LogP contribution in [0.15, 0.2) is 27.8 Å². The second-order valence-corrected chi connectivity index (χ2v) is 8.11. The molecule has 0 spiro atoms. The lowest BCUT2D eigenvalue weighted by Gasteiger charge is -2.23. The standard InChI is InChI=1S/C23H29ClN4O5/c1-3-5-10-28-21(25)19(22(30)26-23(28)31)27(9-4-2)18(29)8-7-15-13-16(24)20-17(14-15)32-11-6-12-33-20/h7-8,13-14H,3-6,9-12,25H2,1-2H3,(H,26,30,31)/b8-7+. The number of anilines is 2. The number of unbranched alkanes of at least 4 members (excludes halogenated alkanes) is 1. The number of nitrogens with two attached hydrogens (primary N) is 1. The van der Waals surface area contributed by atoms with Crippen molar-refractivity contribution >= 4 is 35.1 Å². The molecule has 0 atom stereocenters. The Morgan fingerprint density at radius 2 is 2.00 bits per heavy atom. The molecule has 1 aromatic carbocycles. The summed E-state index contributed by atoms with van der Waals surface area (Å²) in [4.78, 5) is 41.5. The SMILES string of the molecule is CCCCn1c(N)c(N(CCC)C(=O)/C=C/c2cc(Cl)c3c(c2)OCCCO3)c(=O)[nH]c1=O. The molecule has 9 nitrogen and oxygen atoms in total. The Balaban J connectivity index is 1.94. The van der Waals surface area contributed by atoms with E-state index in [1.165, 1.54) is 15.5 Å². The van der Waals surface area contributed by atoms with Crippen LogP contribution in [0.3, 0.4) is 0 Å². The minimum absolute atomic E-state index is 0.0222. The highest BCUT2D eigenvalue weighted by molar-refractivity contribution is 6.32. The second kappa shape index (κ2) is 11.1. The Morgan fingerprint density at radius 3 is 2.73 bits per heavy atom. The minimum atomic E-state index is -0.695. The quantitative estimate of drug-likeness (QED) is 0.564. The summed E-state index contributed by atoms with van der Waals surface area (Å²) in [5.74, 6) is 0.532. The number of carbonyl (C=O) groups is 1. The minimum Gasteiger partial charge on any atom is -0.489 e. The van der Waals surface area contributed by atoms with Gasteiger partial charge in [-0.2, -0.15) is 0 Å². The summed E-state index contributed by atoms with van der Waals surface area (Å²) in [6.07, 6.45) is 5.81. The molecule has 2 heterocycles. The molecule has 10 heteroatoms. The highest BCUT2D eigenvalue weighted by Crippen LogP contribution is 2.38. The number of nitrogens with one attached hydrogen (secondary N) is 1. The molecule has 0 saturated carbocycles. The Bertz CT molecular complexity index is 1150. The first kappa shape index (κ1) is 24.4. The lowest BCUT2D eigenvalue weighted by molar-refractivity contribution is -0.114. The van der Waals surface area contributed by atoms with Crippen LogP contribution in [-0.4, -0.2) is 35.2 Å². The van der Waals surface area contributed by atoms with Crippen molar-refractivity contribution in [2.24, 2.45) is 0 Å². The first-order valence-electron chi connectivity index (χ1n) is 11.1.